The van der Waals surface area contributed by atoms with Gasteiger partial charge < -0.3 is 15.4 Å². The number of carbonyl (C=O) groups excluding carboxylic acids is 2. The van der Waals surface area contributed by atoms with E-state index >= 15 is 0 Å². The summed E-state index contributed by atoms with van der Waals surface area (Å²) in [5.41, 5.74) is 2.04. The highest BCUT2D eigenvalue weighted by Gasteiger charge is 2.19. The first-order chi connectivity index (χ1) is 15.7. The second-order valence-corrected chi connectivity index (χ2v) is 8.01. The first kappa shape index (κ1) is 21.3. The van der Waals surface area contributed by atoms with Gasteiger partial charge in [-0.1, -0.05) is 66.7 Å². The van der Waals surface area contributed by atoms with E-state index in [2.05, 4.69) is 10.6 Å². The van der Waals surface area contributed by atoms with Crippen LogP contribution in [0.5, 0.6) is 5.75 Å². The molecular weight excluding hydrogens is 420 g/mol. The Morgan fingerprint density at radius 2 is 1.50 bits per heavy atom. The number of anilines is 1. The third kappa shape index (κ3) is 5.42. The van der Waals surface area contributed by atoms with Gasteiger partial charge in [0.05, 0.1) is 11.6 Å². The van der Waals surface area contributed by atoms with Crippen molar-refractivity contribution in [3.63, 3.8) is 0 Å². The summed E-state index contributed by atoms with van der Waals surface area (Å²) in [6.45, 7) is -0.204. The van der Waals surface area contributed by atoms with Gasteiger partial charge in [0.2, 0.25) is 0 Å². The molecule has 1 aromatic heterocycles. The van der Waals surface area contributed by atoms with E-state index in [0.717, 1.165) is 10.4 Å². The average Bonchev–Trinajstić information content (AvgIpc) is 3.37. The van der Waals surface area contributed by atoms with Gasteiger partial charge in [-0.25, -0.2) is 0 Å². The van der Waals surface area contributed by atoms with Gasteiger partial charge in [0, 0.05) is 10.6 Å². The Hall–Kier alpha value is -3.90. The maximum absolute atomic E-state index is 12.7. The van der Waals surface area contributed by atoms with E-state index in [4.69, 9.17) is 4.74 Å². The van der Waals surface area contributed by atoms with Gasteiger partial charge in [0.25, 0.3) is 11.8 Å². The molecule has 0 fully saturated rings. The molecule has 0 unspecified atom stereocenters. The fourth-order valence-electron chi connectivity index (χ4n) is 3.27. The molecule has 0 saturated carbocycles. The molecule has 3 aromatic carbocycles. The predicted molar refractivity (Wildman–Crippen MR) is 127 cm³/mol. The fourth-order valence-corrected chi connectivity index (χ4v) is 4.07. The summed E-state index contributed by atoms with van der Waals surface area (Å²) in [5, 5.41) is 7.86. The number of carbonyl (C=O) groups is 2. The summed E-state index contributed by atoms with van der Waals surface area (Å²) in [6, 6.07) is 29.6. The third-order valence-electron chi connectivity index (χ3n) is 4.79. The van der Waals surface area contributed by atoms with Gasteiger partial charge in [-0.2, -0.15) is 0 Å². The molecule has 4 rings (SSSR count). The Bertz CT molecular complexity index is 1160. The molecule has 32 heavy (non-hydrogen) atoms. The molecule has 160 valence electrons. The maximum Gasteiger partial charge on any atom is 0.259 e. The molecule has 0 spiro atoms. The Morgan fingerprint density at radius 3 is 2.22 bits per heavy atom. The Balaban J connectivity index is 1.43. The van der Waals surface area contributed by atoms with Crippen LogP contribution in [-0.2, 0) is 4.79 Å². The average molecular weight is 443 g/mol. The van der Waals surface area contributed by atoms with Gasteiger partial charge in [-0.05, 0) is 41.3 Å². The normalized spacial score (nSPS) is 11.4. The van der Waals surface area contributed by atoms with E-state index in [1.807, 2.05) is 78.2 Å². The van der Waals surface area contributed by atoms with Crippen LogP contribution in [0, 0.1) is 0 Å². The van der Waals surface area contributed by atoms with Crippen molar-refractivity contribution in [2.75, 3.05) is 11.9 Å². The van der Waals surface area contributed by atoms with E-state index in [1.165, 1.54) is 0 Å². The second kappa shape index (κ2) is 10.4. The number of rotatable bonds is 8. The number of ether oxygens (including phenoxy) is 1. The number of amides is 2. The minimum absolute atomic E-state index is 0.204. The predicted octanol–water partition coefficient (Wildman–Crippen LogP) is 5.29. The van der Waals surface area contributed by atoms with E-state index in [1.54, 1.807) is 35.6 Å². The second-order valence-electron chi connectivity index (χ2n) is 7.03. The summed E-state index contributed by atoms with van der Waals surface area (Å²) < 4.78 is 5.74. The minimum atomic E-state index is -0.298. The van der Waals surface area contributed by atoms with Crippen molar-refractivity contribution in [3.05, 3.63) is 118 Å². The lowest BCUT2D eigenvalue weighted by atomic mass is 10.1. The molecule has 0 aliphatic rings. The number of para-hydroxylation sites is 2. The van der Waals surface area contributed by atoms with Gasteiger partial charge in [-0.15, -0.1) is 11.3 Å². The van der Waals surface area contributed by atoms with Crippen molar-refractivity contribution in [1.29, 1.82) is 0 Å². The number of hydrogen-bond donors (Lipinski definition) is 2. The number of benzene rings is 3. The standard InChI is InChI=1S/C26H22N2O3S/c29-24(28-25(23-16-9-17-32-23)19-10-3-1-4-11-19)18-31-22-15-8-7-14-21(22)26(30)27-20-12-5-2-6-13-20/h1-17,25H,18H2,(H,27,30)(H,28,29)/t25-/m0/s1. The quantitative estimate of drug-likeness (QED) is 0.390. The van der Waals surface area contributed by atoms with Crippen LogP contribution in [0.4, 0.5) is 5.69 Å². The largest absolute Gasteiger partial charge is 0.483 e. The van der Waals surface area contributed by atoms with Crippen molar-refractivity contribution < 1.29 is 14.3 Å². The fraction of sp³-hybridized carbons (Fsp3) is 0.0769. The van der Waals surface area contributed by atoms with Crippen molar-refractivity contribution in [3.8, 4) is 5.75 Å². The number of thiophene rings is 1. The zero-order valence-corrected chi connectivity index (χ0v) is 18.0. The van der Waals surface area contributed by atoms with Gasteiger partial charge in [-0.3, -0.25) is 9.59 Å². The summed E-state index contributed by atoms with van der Waals surface area (Å²) in [6.07, 6.45) is 0. The lowest BCUT2D eigenvalue weighted by Gasteiger charge is -2.18. The summed E-state index contributed by atoms with van der Waals surface area (Å²) in [4.78, 5) is 26.5. The number of hydrogen-bond acceptors (Lipinski definition) is 4. The summed E-state index contributed by atoms with van der Waals surface area (Å²) >= 11 is 1.58. The molecule has 0 aliphatic heterocycles. The van der Waals surface area contributed by atoms with Crippen LogP contribution in [0.3, 0.4) is 0 Å². The van der Waals surface area contributed by atoms with Crippen LogP contribution >= 0.6 is 11.3 Å². The van der Waals surface area contributed by atoms with Gasteiger partial charge >= 0.3 is 0 Å². The number of nitrogens with one attached hydrogen (secondary N) is 2. The molecular formula is C26H22N2O3S. The molecule has 0 aliphatic carbocycles. The molecule has 2 N–H and O–H groups in total. The zero-order chi connectivity index (χ0) is 22.2. The molecule has 2 amide bonds. The Morgan fingerprint density at radius 1 is 0.812 bits per heavy atom. The first-order valence-electron chi connectivity index (χ1n) is 10.2. The molecule has 0 bridgehead atoms. The molecule has 0 radical (unpaired) electrons. The van der Waals surface area contributed by atoms with Gasteiger partial charge in [0.15, 0.2) is 6.61 Å². The SMILES string of the molecule is O=C(COc1ccccc1C(=O)Nc1ccccc1)N[C@@H](c1ccccc1)c1cccs1. The van der Waals surface area contributed by atoms with Crippen LogP contribution in [-0.4, -0.2) is 18.4 Å². The summed E-state index contributed by atoms with van der Waals surface area (Å²) in [5.74, 6) is -0.220. The molecule has 1 atom stereocenters. The zero-order valence-electron chi connectivity index (χ0n) is 17.2. The van der Waals surface area contributed by atoms with E-state index in [-0.39, 0.29) is 24.5 Å². The molecule has 0 saturated heterocycles. The van der Waals surface area contributed by atoms with Crippen LogP contribution in [0.1, 0.15) is 26.8 Å². The van der Waals surface area contributed by atoms with E-state index in [9.17, 15) is 9.59 Å². The maximum atomic E-state index is 12.7. The molecule has 6 heteroatoms. The van der Waals surface area contributed by atoms with E-state index in [0.29, 0.717) is 17.0 Å². The van der Waals surface area contributed by atoms with E-state index < -0.39 is 0 Å². The lowest BCUT2D eigenvalue weighted by Crippen LogP contribution is -2.33. The lowest BCUT2D eigenvalue weighted by molar-refractivity contribution is -0.123. The van der Waals surface area contributed by atoms with Crippen LogP contribution in [0.2, 0.25) is 0 Å². The third-order valence-corrected chi connectivity index (χ3v) is 5.73. The topological polar surface area (TPSA) is 67.4 Å². The van der Waals surface area contributed by atoms with Crippen molar-refractivity contribution in [2.24, 2.45) is 0 Å². The molecule has 4 aromatic rings. The summed E-state index contributed by atoms with van der Waals surface area (Å²) in [7, 11) is 0. The van der Waals surface area contributed by atoms with Crippen molar-refractivity contribution in [1.82, 2.24) is 5.32 Å². The van der Waals surface area contributed by atoms with Gasteiger partial charge in [0.1, 0.15) is 5.75 Å². The highest BCUT2D eigenvalue weighted by molar-refractivity contribution is 7.10. The minimum Gasteiger partial charge on any atom is -0.483 e. The van der Waals surface area contributed by atoms with Crippen molar-refractivity contribution in [2.45, 2.75) is 6.04 Å². The smallest absolute Gasteiger partial charge is 0.259 e. The molecule has 1 heterocycles. The highest BCUT2D eigenvalue weighted by atomic mass is 32.1. The first-order valence-corrected chi connectivity index (χ1v) is 11.0. The van der Waals surface area contributed by atoms with Crippen LogP contribution in [0.25, 0.3) is 0 Å². The van der Waals surface area contributed by atoms with Crippen LogP contribution < -0.4 is 15.4 Å². The highest BCUT2D eigenvalue weighted by Crippen LogP contribution is 2.26. The Kier molecular flexibility index (Phi) is 6.94. The van der Waals surface area contributed by atoms with Crippen LogP contribution in [0.15, 0.2) is 102 Å². The van der Waals surface area contributed by atoms with Crippen molar-refractivity contribution >= 4 is 28.8 Å². The molecule has 5 nitrogen and oxygen atoms in total. The monoisotopic (exact) mass is 442 g/mol. The Labute approximate surface area is 190 Å².